The van der Waals surface area contributed by atoms with Gasteiger partial charge in [-0.1, -0.05) is 12.1 Å². The van der Waals surface area contributed by atoms with Gasteiger partial charge in [-0.05, 0) is 26.0 Å². The molecule has 0 aliphatic carbocycles. The Hall–Kier alpha value is -1.75. The molecule has 0 bridgehead atoms. The third kappa shape index (κ3) is 2.26. The van der Waals surface area contributed by atoms with Gasteiger partial charge in [0.25, 0.3) is 5.91 Å². The van der Waals surface area contributed by atoms with Crippen molar-refractivity contribution in [3.05, 3.63) is 24.3 Å². The third-order valence-corrected chi connectivity index (χ3v) is 3.32. The highest BCUT2D eigenvalue weighted by Gasteiger charge is 2.41. The number of carbonyl (C=O) groups excluding carboxylic acids is 1. The lowest BCUT2D eigenvalue weighted by molar-refractivity contribution is -0.168. The van der Waals surface area contributed by atoms with Crippen molar-refractivity contribution in [1.82, 2.24) is 5.06 Å². The number of rotatable bonds is 2. The molecule has 0 spiro atoms. The maximum atomic E-state index is 12.1. The fourth-order valence-electron chi connectivity index (χ4n) is 2.17. The first-order chi connectivity index (χ1) is 9.06. The lowest BCUT2D eigenvalue weighted by Crippen LogP contribution is -2.42. The quantitative estimate of drug-likeness (QED) is 0.813. The van der Waals surface area contributed by atoms with Crippen LogP contribution in [0.1, 0.15) is 13.8 Å². The average molecular weight is 263 g/mol. The van der Waals surface area contributed by atoms with Gasteiger partial charge >= 0.3 is 0 Å². The van der Waals surface area contributed by atoms with Gasteiger partial charge in [-0.15, -0.1) is 0 Å². The van der Waals surface area contributed by atoms with E-state index in [1.807, 2.05) is 38.1 Å². The van der Waals surface area contributed by atoms with Crippen LogP contribution in [-0.4, -0.2) is 36.8 Å². The molecule has 19 heavy (non-hydrogen) atoms. The highest BCUT2D eigenvalue weighted by molar-refractivity contribution is 5.82. The van der Waals surface area contributed by atoms with Crippen molar-refractivity contribution >= 4 is 5.91 Å². The molecule has 1 saturated heterocycles. The van der Waals surface area contributed by atoms with Crippen LogP contribution in [0.15, 0.2) is 24.3 Å². The molecule has 1 fully saturated rings. The summed E-state index contributed by atoms with van der Waals surface area (Å²) in [5, 5.41) is 1.39. The molecule has 1 atom stereocenters. The van der Waals surface area contributed by atoms with Gasteiger partial charge in [0.05, 0.1) is 18.6 Å². The summed E-state index contributed by atoms with van der Waals surface area (Å²) in [6.45, 7) is 4.98. The number of hydrogen-bond donors (Lipinski definition) is 0. The Morgan fingerprint density at radius 1 is 1.32 bits per heavy atom. The molecule has 1 amide bonds. The van der Waals surface area contributed by atoms with Crippen LogP contribution in [0.5, 0.6) is 11.5 Å². The lowest BCUT2D eigenvalue weighted by Gasteiger charge is -2.28. The van der Waals surface area contributed by atoms with Crippen LogP contribution >= 0.6 is 0 Å². The van der Waals surface area contributed by atoms with Crippen molar-refractivity contribution in [2.45, 2.75) is 20.0 Å². The van der Waals surface area contributed by atoms with E-state index in [9.17, 15) is 4.79 Å². The molecular weight excluding hydrogens is 246 g/mol. The van der Waals surface area contributed by atoms with Crippen molar-refractivity contribution < 1.29 is 19.1 Å². The summed E-state index contributed by atoms with van der Waals surface area (Å²) in [4.78, 5) is 17.5. The predicted octanol–water partition coefficient (Wildman–Crippen LogP) is 1.63. The summed E-state index contributed by atoms with van der Waals surface area (Å²) in [6.07, 6.45) is -0.201. The van der Waals surface area contributed by atoms with Crippen LogP contribution < -0.4 is 9.47 Å². The molecular formula is C14H17NO4. The largest absolute Gasteiger partial charge is 0.486 e. The van der Waals surface area contributed by atoms with Gasteiger partial charge in [0.15, 0.2) is 17.6 Å². The van der Waals surface area contributed by atoms with Crippen molar-refractivity contribution in [1.29, 1.82) is 0 Å². The van der Waals surface area contributed by atoms with E-state index >= 15 is 0 Å². The summed E-state index contributed by atoms with van der Waals surface area (Å²) >= 11 is 0. The minimum atomic E-state index is -0.451. The van der Waals surface area contributed by atoms with Gasteiger partial charge in [-0.2, -0.15) is 0 Å². The summed E-state index contributed by atoms with van der Waals surface area (Å²) in [6, 6.07) is 7.52. The monoisotopic (exact) mass is 263 g/mol. The van der Waals surface area contributed by atoms with E-state index in [2.05, 4.69) is 0 Å². The lowest BCUT2D eigenvalue weighted by atomic mass is 9.95. The van der Waals surface area contributed by atoms with E-state index < -0.39 is 5.41 Å². The molecule has 5 heteroatoms. The summed E-state index contributed by atoms with van der Waals surface area (Å²) < 4.78 is 11.4. The summed E-state index contributed by atoms with van der Waals surface area (Å²) in [5.74, 6) is 1.45. The van der Waals surface area contributed by atoms with Crippen molar-refractivity contribution in [3.63, 3.8) is 0 Å². The molecule has 1 aromatic carbocycles. The fourth-order valence-corrected chi connectivity index (χ4v) is 2.17. The second-order valence-electron chi connectivity index (χ2n) is 5.52. The first kappa shape index (κ1) is 12.3. The number of nitrogens with zero attached hydrogens (tertiary/aromatic N) is 1. The Bertz CT molecular complexity index is 500. The number of carbonyl (C=O) groups is 1. The Morgan fingerprint density at radius 2 is 2.05 bits per heavy atom. The molecule has 5 nitrogen and oxygen atoms in total. The minimum Gasteiger partial charge on any atom is -0.486 e. The first-order valence-electron chi connectivity index (χ1n) is 6.40. The van der Waals surface area contributed by atoms with Crippen LogP contribution in [0.2, 0.25) is 0 Å². The Kier molecular flexibility index (Phi) is 2.86. The standard InChI is InChI=1S/C14H17NO4/c1-14(2)9-18-15(13(14)16)7-10-8-17-11-5-3-4-6-12(11)19-10/h3-6,10H,7-9H2,1-2H3. The molecule has 1 unspecified atom stereocenters. The fraction of sp³-hybridized carbons (Fsp3) is 0.500. The van der Waals surface area contributed by atoms with Crippen molar-refractivity contribution in [2.24, 2.45) is 5.41 Å². The molecule has 0 aromatic heterocycles. The van der Waals surface area contributed by atoms with E-state index in [0.29, 0.717) is 25.5 Å². The molecule has 2 aliphatic rings. The Labute approximate surface area is 112 Å². The highest BCUT2D eigenvalue weighted by Crippen LogP contribution is 2.32. The molecule has 0 radical (unpaired) electrons. The zero-order valence-corrected chi connectivity index (χ0v) is 11.1. The average Bonchev–Trinajstić information content (AvgIpc) is 2.66. The molecule has 0 N–H and O–H groups in total. The van der Waals surface area contributed by atoms with E-state index in [-0.39, 0.29) is 12.0 Å². The van der Waals surface area contributed by atoms with E-state index in [4.69, 9.17) is 14.3 Å². The number of ether oxygens (including phenoxy) is 2. The third-order valence-electron chi connectivity index (χ3n) is 3.32. The molecule has 1 aromatic rings. The SMILES string of the molecule is CC1(C)CON(CC2COc3ccccc3O2)C1=O. The number of hydrogen-bond acceptors (Lipinski definition) is 4. The van der Waals surface area contributed by atoms with Gasteiger partial charge in [0.1, 0.15) is 6.61 Å². The number of benzene rings is 1. The maximum Gasteiger partial charge on any atom is 0.254 e. The maximum absolute atomic E-state index is 12.1. The molecule has 3 rings (SSSR count). The number of fused-ring (bicyclic) bond motifs is 1. The first-order valence-corrected chi connectivity index (χ1v) is 6.40. The second-order valence-corrected chi connectivity index (χ2v) is 5.52. The Morgan fingerprint density at radius 3 is 2.74 bits per heavy atom. The minimum absolute atomic E-state index is 0.00467. The van der Waals surface area contributed by atoms with Crippen LogP contribution in [-0.2, 0) is 9.63 Å². The number of hydroxylamine groups is 2. The highest BCUT2D eigenvalue weighted by atomic mass is 16.7. The summed E-state index contributed by atoms with van der Waals surface area (Å²) in [5.41, 5.74) is -0.451. The van der Waals surface area contributed by atoms with Gasteiger partial charge in [-0.3, -0.25) is 9.63 Å². The van der Waals surface area contributed by atoms with E-state index in [1.165, 1.54) is 5.06 Å². The van der Waals surface area contributed by atoms with E-state index in [1.54, 1.807) is 0 Å². The van der Waals surface area contributed by atoms with Crippen LogP contribution in [0.25, 0.3) is 0 Å². The molecule has 0 saturated carbocycles. The predicted molar refractivity (Wildman–Crippen MR) is 67.8 cm³/mol. The normalized spacial score (nSPS) is 24.6. The molecule has 102 valence electrons. The molecule has 2 heterocycles. The van der Waals surface area contributed by atoms with Gasteiger partial charge in [-0.25, -0.2) is 5.06 Å². The van der Waals surface area contributed by atoms with E-state index in [0.717, 1.165) is 5.75 Å². The smallest absolute Gasteiger partial charge is 0.254 e. The number of amides is 1. The van der Waals surface area contributed by atoms with Crippen molar-refractivity contribution in [3.8, 4) is 11.5 Å². The zero-order chi connectivity index (χ0) is 13.5. The van der Waals surface area contributed by atoms with Crippen LogP contribution in [0.4, 0.5) is 0 Å². The summed E-state index contributed by atoms with van der Waals surface area (Å²) in [7, 11) is 0. The van der Waals surface area contributed by atoms with Gasteiger partial charge < -0.3 is 9.47 Å². The van der Waals surface area contributed by atoms with Gasteiger partial charge in [0.2, 0.25) is 0 Å². The second kappa shape index (κ2) is 4.42. The topological polar surface area (TPSA) is 48.0 Å². The zero-order valence-electron chi connectivity index (χ0n) is 11.1. The molecule has 2 aliphatic heterocycles. The van der Waals surface area contributed by atoms with Crippen molar-refractivity contribution in [2.75, 3.05) is 19.8 Å². The Balaban J connectivity index is 1.66. The van der Waals surface area contributed by atoms with Gasteiger partial charge in [0, 0.05) is 0 Å². The number of para-hydroxylation sites is 2. The van der Waals surface area contributed by atoms with Crippen LogP contribution in [0, 0.1) is 5.41 Å². The van der Waals surface area contributed by atoms with Crippen LogP contribution in [0.3, 0.4) is 0 Å².